The number of hydrogen-bond acceptors (Lipinski definition) is 3. The molecule has 32 heavy (non-hydrogen) atoms. The SMILES string of the molecule is O=C(Nc1cc(-c2nc3ccccc3o2)ccc1Cl)C(c1ccccc1)c1ccccc1. The summed E-state index contributed by atoms with van der Waals surface area (Å²) in [6, 6.07) is 32.3. The fourth-order valence-electron chi connectivity index (χ4n) is 3.74. The van der Waals surface area contributed by atoms with Crippen LogP contribution in [0.1, 0.15) is 17.0 Å². The normalized spacial score (nSPS) is 11.1. The van der Waals surface area contributed by atoms with Crippen LogP contribution in [0.25, 0.3) is 22.6 Å². The lowest BCUT2D eigenvalue weighted by Gasteiger charge is -2.18. The van der Waals surface area contributed by atoms with Gasteiger partial charge in [0.2, 0.25) is 11.8 Å². The van der Waals surface area contributed by atoms with Gasteiger partial charge in [-0.25, -0.2) is 4.98 Å². The maximum absolute atomic E-state index is 13.4. The van der Waals surface area contributed by atoms with Gasteiger partial charge in [-0.1, -0.05) is 84.4 Å². The van der Waals surface area contributed by atoms with Crippen molar-refractivity contribution in [1.29, 1.82) is 0 Å². The third-order valence-corrected chi connectivity index (χ3v) is 5.62. The van der Waals surface area contributed by atoms with Crippen LogP contribution < -0.4 is 5.32 Å². The molecular weight excluding hydrogens is 420 g/mol. The van der Waals surface area contributed by atoms with Crippen LogP contribution >= 0.6 is 11.6 Å². The number of hydrogen-bond donors (Lipinski definition) is 1. The highest BCUT2D eigenvalue weighted by atomic mass is 35.5. The van der Waals surface area contributed by atoms with Crippen LogP contribution in [0.15, 0.2) is 108 Å². The molecule has 0 fully saturated rings. The highest BCUT2D eigenvalue weighted by Crippen LogP contribution is 2.32. The van der Waals surface area contributed by atoms with E-state index in [4.69, 9.17) is 16.0 Å². The van der Waals surface area contributed by atoms with Crippen molar-refractivity contribution in [3.8, 4) is 11.5 Å². The van der Waals surface area contributed by atoms with Crippen LogP contribution in [0.3, 0.4) is 0 Å². The molecule has 0 saturated carbocycles. The molecule has 1 heterocycles. The average Bonchev–Trinajstić information content (AvgIpc) is 3.26. The van der Waals surface area contributed by atoms with Gasteiger partial charge < -0.3 is 9.73 Å². The third kappa shape index (κ3) is 4.01. The Morgan fingerprint density at radius 2 is 1.44 bits per heavy atom. The first-order chi connectivity index (χ1) is 15.7. The third-order valence-electron chi connectivity index (χ3n) is 5.29. The molecule has 0 aliphatic heterocycles. The number of halogens is 1. The number of benzene rings is 4. The highest BCUT2D eigenvalue weighted by Gasteiger charge is 2.23. The summed E-state index contributed by atoms with van der Waals surface area (Å²) in [7, 11) is 0. The van der Waals surface area contributed by atoms with Crippen molar-refractivity contribution in [2.45, 2.75) is 5.92 Å². The first kappa shape index (κ1) is 20.0. The molecule has 1 aromatic heterocycles. The second kappa shape index (κ2) is 8.69. The lowest BCUT2D eigenvalue weighted by Crippen LogP contribution is -2.22. The van der Waals surface area contributed by atoms with Crippen molar-refractivity contribution in [2.75, 3.05) is 5.32 Å². The Labute approximate surface area is 190 Å². The second-order valence-electron chi connectivity index (χ2n) is 7.42. The van der Waals surface area contributed by atoms with E-state index in [1.165, 1.54) is 0 Å². The number of anilines is 1. The van der Waals surface area contributed by atoms with Crippen molar-refractivity contribution in [3.63, 3.8) is 0 Å². The minimum atomic E-state index is -0.471. The first-order valence-corrected chi connectivity index (χ1v) is 10.6. The number of carbonyl (C=O) groups excluding carboxylic acids is 1. The number of nitrogens with one attached hydrogen (secondary N) is 1. The lowest BCUT2D eigenvalue weighted by molar-refractivity contribution is -0.116. The van der Waals surface area contributed by atoms with Gasteiger partial charge in [0.1, 0.15) is 5.52 Å². The summed E-state index contributed by atoms with van der Waals surface area (Å²) in [6.45, 7) is 0. The van der Waals surface area contributed by atoms with Gasteiger partial charge in [-0.3, -0.25) is 4.79 Å². The molecule has 4 nitrogen and oxygen atoms in total. The summed E-state index contributed by atoms with van der Waals surface area (Å²) in [5.74, 6) is -0.165. The molecule has 0 unspecified atom stereocenters. The quantitative estimate of drug-likeness (QED) is 0.324. The maximum atomic E-state index is 13.4. The van der Waals surface area contributed by atoms with Gasteiger partial charge in [-0.2, -0.15) is 0 Å². The number of nitrogens with zero attached hydrogens (tertiary/aromatic N) is 1. The molecular formula is C27H19ClN2O2. The molecule has 0 aliphatic carbocycles. The highest BCUT2D eigenvalue weighted by molar-refractivity contribution is 6.34. The van der Waals surface area contributed by atoms with Gasteiger partial charge in [0.25, 0.3) is 0 Å². The van der Waals surface area contributed by atoms with Gasteiger partial charge in [0.15, 0.2) is 5.58 Å². The van der Waals surface area contributed by atoms with Crippen LogP contribution in [0, 0.1) is 0 Å². The van der Waals surface area contributed by atoms with Crippen molar-refractivity contribution < 1.29 is 9.21 Å². The summed E-state index contributed by atoms with van der Waals surface area (Å²) in [4.78, 5) is 18.0. The molecule has 0 bridgehead atoms. The summed E-state index contributed by atoms with van der Waals surface area (Å²) >= 11 is 6.44. The van der Waals surface area contributed by atoms with E-state index in [-0.39, 0.29) is 5.91 Å². The molecule has 5 heteroatoms. The Balaban J connectivity index is 1.49. The van der Waals surface area contributed by atoms with Gasteiger partial charge >= 0.3 is 0 Å². The minimum absolute atomic E-state index is 0.168. The van der Waals surface area contributed by atoms with Crippen LogP contribution in [0.2, 0.25) is 5.02 Å². The Kier molecular flexibility index (Phi) is 5.44. The van der Waals surface area contributed by atoms with Crippen LogP contribution in [-0.2, 0) is 4.79 Å². The number of oxazole rings is 1. The van der Waals surface area contributed by atoms with Crippen molar-refractivity contribution in [1.82, 2.24) is 4.98 Å². The minimum Gasteiger partial charge on any atom is -0.436 e. The van der Waals surface area contributed by atoms with Gasteiger partial charge in [0.05, 0.1) is 16.6 Å². The van der Waals surface area contributed by atoms with Crippen LogP contribution in [0.4, 0.5) is 5.69 Å². The zero-order valence-electron chi connectivity index (χ0n) is 17.0. The Hall–Kier alpha value is -3.89. The molecule has 5 rings (SSSR count). The molecule has 156 valence electrons. The van der Waals surface area contributed by atoms with Crippen molar-refractivity contribution in [3.05, 3.63) is 119 Å². The summed E-state index contributed by atoms with van der Waals surface area (Å²) in [6.07, 6.45) is 0. The molecule has 1 N–H and O–H groups in total. The topological polar surface area (TPSA) is 55.1 Å². The second-order valence-corrected chi connectivity index (χ2v) is 7.83. The van der Waals surface area contributed by atoms with Crippen LogP contribution in [-0.4, -0.2) is 10.9 Å². The number of para-hydroxylation sites is 2. The maximum Gasteiger partial charge on any atom is 0.236 e. The molecule has 0 atom stereocenters. The van der Waals surface area contributed by atoms with Gasteiger partial charge in [0, 0.05) is 5.56 Å². The van der Waals surface area contributed by atoms with E-state index in [9.17, 15) is 4.79 Å². The predicted octanol–water partition coefficient (Wildman–Crippen LogP) is 6.92. The monoisotopic (exact) mass is 438 g/mol. The smallest absolute Gasteiger partial charge is 0.236 e. The molecule has 4 aromatic carbocycles. The fraction of sp³-hybridized carbons (Fsp3) is 0.0370. The van der Waals surface area contributed by atoms with E-state index in [1.54, 1.807) is 12.1 Å². The molecule has 0 aliphatic rings. The largest absolute Gasteiger partial charge is 0.436 e. The first-order valence-electron chi connectivity index (χ1n) is 10.3. The molecule has 1 amide bonds. The van der Waals surface area contributed by atoms with Crippen molar-refractivity contribution >= 4 is 34.3 Å². The Bertz CT molecular complexity index is 1310. The number of amides is 1. The molecule has 0 radical (unpaired) electrons. The summed E-state index contributed by atoms with van der Waals surface area (Å²) in [5.41, 5.74) is 4.53. The van der Waals surface area contributed by atoms with E-state index in [1.807, 2.05) is 91.0 Å². The fourth-order valence-corrected chi connectivity index (χ4v) is 3.91. The van der Waals surface area contributed by atoms with Gasteiger partial charge in [-0.05, 0) is 41.5 Å². The van der Waals surface area contributed by atoms with E-state index in [2.05, 4.69) is 10.3 Å². The van der Waals surface area contributed by atoms with E-state index < -0.39 is 5.92 Å². The summed E-state index contributed by atoms with van der Waals surface area (Å²) in [5, 5.41) is 3.45. The molecule has 0 saturated heterocycles. The van der Waals surface area contributed by atoms with Gasteiger partial charge in [-0.15, -0.1) is 0 Å². The number of fused-ring (bicyclic) bond motifs is 1. The Morgan fingerprint density at radius 1 is 0.812 bits per heavy atom. The standard InChI is InChI=1S/C27H19ClN2O2/c28-21-16-15-20(27-30-22-13-7-8-14-24(22)32-27)17-23(21)29-26(31)25(18-9-3-1-4-10-18)19-11-5-2-6-12-19/h1-17,25H,(H,29,31). The number of aromatic nitrogens is 1. The molecule has 5 aromatic rings. The lowest BCUT2D eigenvalue weighted by atomic mass is 9.90. The Morgan fingerprint density at radius 3 is 2.09 bits per heavy atom. The molecule has 0 spiro atoms. The predicted molar refractivity (Wildman–Crippen MR) is 128 cm³/mol. The van der Waals surface area contributed by atoms with Crippen molar-refractivity contribution in [2.24, 2.45) is 0 Å². The number of rotatable bonds is 5. The van der Waals surface area contributed by atoms with E-state index >= 15 is 0 Å². The number of carbonyl (C=O) groups is 1. The average molecular weight is 439 g/mol. The van der Waals surface area contributed by atoms with E-state index in [0.717, 1.165) is 22.2 Å². The van der Waals surface area contributed by atoms with E-state index in [0.29, 0.717) is 22.2 Å². The summed E-state index contributed by atoms with van der Waals surface area (Å²) < 4.78 is 5.87. The zero-order chi connectivity index (χ0) is 21.9. The van der Waals surface area contributed by atoms with Crippen LogP contribution in [0.5, 0.6) is 0 Å². The zero-order valence-corrected chi connectivity index (χ0v) is 17.8.